The summed E-state index contributed by atoms with van der Waals surface area (Å²) in [6, 6.07) is 24.1. The lowest BCUT2D eigenvalue weighted by Crippen LogP contribution is -2.36. The zero-order chi connectivity index (χ0) is 24.7. The Hall–Kier alpha value is -3.64. The van der Waals surface area contributed by atoms with Crippen LogP contribution in [0.4, 0.5) is 16.2 Å². The molecule has 0 spiro atoms. The maximum Gasteiger partial charge on any atom is 0.319 e. The van der Waals surface area contributed by atoms with Gasteiger partial charge in [0.2, 0.25) is 5.91 Å². The minimum absolute atomic E-state index is 0.109. The van der Waals surface area contributed by atoms with Crippen LogP contribution in [-0.4, -0.2) is 43.0 Å². The standard InChI is InChI=1S/C30H34N4O2/c35-29(34-19-5-10-25-8-3-4-11-28(25)34)21-23-12-14-27(15-13-23)32-30(36)31-17-6-18-33-20-16-24-7-1-2-9-26(24)22-33/h1-4,7-9,11-15H,5-6,10,16-22H2,(H2,31,32,36). The number of nitrogens with one attached hydrogen (secondary N) is 2. The zero-order valence-electron chi connectivity index (χ0n) is 20.7. The Labute approximate surface area is 213 Å². The quantitative estimate of drug-likeness (QED) is 0.477. The molecule has 5 rings (SSSR count). The number of fused-ring (bicyclic) bond motifs is 2. The van der Waals surface area contributed by atoms with E-state index in [1.165, 1.54) is 16.7 Å². The van der Waals surface area contributed by atoms with Gasteiger partial charge in [0.25, 0.3) is 0 Å². The van der Waals surface area contributed by atoms with E-state index in [4.69, 9.17) is 0 Å². The van der Waals surface area contributed by atoms with Crippen molar-refractivity contribution in [3.05, 3.63) is 95.1 Å². The first-order valence-electron chi connectivity index (χ1n) is 13.0. The van der Waals surface area contributed by atoms with Crippen LogP contribution in [0.3, 0.4) is 0 Å². The Balaban J connectivity index is 1.04. The second-order valence-corrected chi connectivity index (χ2v) is 9.68. The lowest BCUT2D eigenvalue weighted by Gasteiger charge is -2.29. The summed E-state index contributed by atoms with van der Waals surface area (Å²) in [5, 5.41) is 5.84. The second kappa shape index (κ2) is 11.4. The van der Waals surface area contributed by atoms with Crippen molar-refractivity contribution >= 4 is 23.3 Å². The lowest BCUT2D eigenvalue weighted by atomic mass is 10.00. The molecule has 0 aromatic heterocycles. The maximum absolute atomic E-state index is 13.0. The molecule has 0 fully saturated rings. The SMILES string of the molecule is O=C(NCCCN1CCc2ccccc2C1)Nc1ccc(CC(=O)N2CCCc3ccccc32)cc1. The summed E-state index contributed by atoms with van der Waals surface area (Å²) in [6.07, 6.45) is 4.37. The molecule has 6 nitrogen and oxygen atoms in total. The summed E-state index contributed by atoms with van der Waals surface area (Å²) < 4.78 is 0. The highest BCUT2D eigenvalue weighted by molar-refractivity contribution is 5.96. The van der Waals surface area contributed by atoms with Gasteiger partial charge in [0.05, 0.1) is 6.42 Å². The van der Waals surface area contributed by atoms with Crippen molar-refractivity contribution in [2.45, 2.75) is 38.6 Å². The van der Waals surface area contributed by atoms with E-state index in [1.807, 2.05) is 47.4 Å². The molecular formula is C30H34N4O2. The minimum atomic E-state index is -0.201. The van der Waals surface area contributed by atoms with E-state index in [0.29, 0.717) is 13.0 Å². The molecule has 3 aromatic carbocycles. The molecule has 2 N–H and O–H groups in total. The van der Waals surface area contributed by atoms with Crippen molar-refractivity contribution in [1.82, 2.24) is 10.2 Å². The molecule has 0 saturated carbocycles. The molecule has 0 aliphatic carbocycles. The fraction of sp³-hybridized carbons (Fsp3) is 0.333. The Morgan fingerprint density at radius 3 is 2.39 bits per heavy atom. The van der Waals surface area contributed by atoms with Gasteiger partial charge in [0.1, 0.15) is 0 Å². The second-order valence-electron chi connectivity index (χ2n) is 9.68. The van der Waals surface area contributed by atoms with Crippen molar-refractivity contribution in [3.8, 4) is 0 Å². The summed E-state index contributed by atoms with van der Waals surface area (Å²) in [7, 11) is 0. The molecule has 2 aliphatic rings. The highest BCUT2D eigenvalue weighted by atomic mass is 16.2. The van der Waals surface area contributed by atoms with Gasteiger partial charge < -0.3 is 15.5 Å². The molecule has 0 saturated heterocycles. The van der Waals surface area contributed by atoms with Crippen LogP contribution in [0.2, 0.25) is 0 Å². The van der Waals surface area contributed by atoms with Crippen LogP contribution in [0.5, 0.6) is 0 Å². The van der Waals surface area contributed by atoms with E-state index in [0.717, 1.165) is 68.8 Å². The fourth-order valence-corrected chi connectivity index (χ4v) is 5.19. The molecule has 2 heterocycles. The third-order valence-electron chi connectivity index (χ3n) is 7.12. The molecule has 0 unspecified atom stereocenters. The summed E-state index contributed by atoms with van der Waals surface area (Å²) >= 11 is 0. The molecule has 0 bridgehead atoms. The first-order chi connectivity index (χ1) is 17.7. The van der Waals surface area contributed by atoms with Gasteiger partial charge in [0.15, 0.2) is 0 Å². The monoisotopic (exact) mass is 482 g/mol. The predicted molar refractivity (Wildman–Crippen MR) is 144 cm³/mol. The summed E-state index contributed by atoms with van der Waals surface area (Å²) in [4.78, 5) is 29.6. The van der Waals surface area contributed by atoms with Crippen molar-refractivity contribution in [2.75, 3.05) is 36.4 Å². The largest absolute Gasteiger partial charge is 0.338 e. The number of amides is 3. The molecule has 0 atom stereocenters. The van der Waals surface area contributed by atoms with Crippen LogP contribution in [0.25, 0.3) is 0 Å². The number of anilines is 2. The number of rotatable bonds is 7. The first-order valence-corrected chi connectivity index (χ1v) is 13.0. The summed E-state index contributed by atoms with van der Waals surface area (Å²) in [5.74, 6) is 0.109. The topological polar surface area (TPSA) is 64.7 Å². The highest BCUT2D eigenvalue weighted by Gasteiger charge is 2.22. The number of urea groups is 1. The van der Waals surface area contributed by atoms with Crippen LogP contribution in [0.15, 0.2) is 72.8 Å². The van der Waals surface area contributed by atoms with E-state index < -0.39 is 0 Å². The van der Waals surface area contributed by atoms with Crippen molar-refractivity contribution in [2.24, 2.45) is 0 Å². The van der Waals surface area contributed by atoms with Gasteiger partial charge in [-0.2, -0.15) is 0 Å². The molecule has 3 aromatic rings. The van der Waals surface area contributed by atoms with Crippen LogP contribution >= 0.6 is 0 Å². The Morgan fingerprint density at radius 1 is 0.806 bits per heavy atom. The molecule has 2 aliphatic heterocycles. The number of nitrogens with zero attached hydrogens (tertiary/aromatic N) is 2. The summed E-state index contributed by atoms with van der Waals surface area (Å²) in [6.45, 7) is 4.43. The van der Waals surface area contributed by atoms with Gasteiger partial charge in [-0.3, -0.25) is 9.69 Å². The normalized spacial score (nSPS) is 15.1. The van der Waals surface area contributed by atoms with Crippen LogP contribution in [0, 0.1) is 0 Å². The predicted octanol–water partition coefficient (Wildman–Crippen LogP) is 4.78. The number of hydrogen-bond acceptors (Lipinski definition) is 3. The number of benzene rings is 3. The third kappa shape index (κ3) is 5.94. The Morgan fingerprint density at radius 2 is 1.56 bits per heavy atom. The summed E-state index contributed by atoms with van der Waals surface area (Å²) in [5.41, 5.74) is 6.81. The van der Waals surface area contributed by atoms with Gasteiger partial charge in [-0.15, -0.1) is 0 Å². The lowest BCUT2D eigenvalue weighted by molar-refractivity contribution is -0.118. The van der Waals surface area contributed by atoms with Gasteiger partial charge >= 0.3 is 6.03 Å². The maximum atomic E-state index is 13.0. The van der Waals surface area contributed by atoms with Crippen LogP contribution < -0.4 is 15.5 Å². The van der Waals surface area contributed by atoms with Gasteiger partial charge in [-0.1, -0.05) is 54.6 Å². The third-order valence-corrected chi connectivity index (χ3v) is 7.12. The molecule has 3 amide bonds. The zero-order valence-corrected chi connectivity index (χ0v) is 20.7. The molecule has 36 heavy (non-hydrogen) atoms. The van der Waals surface area contributed by atoms with Gasteiger partial charge in [-0.05, 0) is 66.1 Å². The first kappa shape index (κ1) is 24.1. The van der Waals surface area contributed by atoms with E-state index in [2.05, 4.69) is 45.9 Å². The minimum Gasteiger partial charge on any atom is -0.338 e. The van der Waals surface area contributed by atoms with Crippen molar-refractivity contribution in [1.29, 1.82) is 0 Å². The number of aryl methyl sites for hydroxylation is 1. The number of hydrogen-bond donors (Lipinski definition) is 2. The van der Waals surface area contributed by atoms with E-state index in [-0.39, 0.29) is 11.9 Å². The highest BCUT2D eigenvalue weighted by Crippen LogP contribution is 2.27. The van der Waals surface area contributed by atoms with E-state index >= 15 is 0 Å². The fourth-order valence-electron chi connectivity index (χ4n) is 5.19. The molecule has 0 radical (unpaired) electrons. The van der Waals surface area contributed by atoms with Gasteiger partial charge in [-0.25, -0.2) is 4.79 Å². The van der Waals surface area contributed by atoms with E-state index in [9.17, 15) is 9.59 Å². The number of para-hydroxylation sites is 1. The van der Waals surface area contributed by atoms with Crippen molar-refractivity contribution in [3.63, 3.8) is 0 Å². The van der Waals surface area contributed by atoms with E-state index in [1.54, 1.807) is 0 Å². The van der Waals surface area contributed by atoms with Gasteiger partial charge in [0, 0.05) is 44.1 Å². The number of carbonyl (C=O) groups is 2. The smallest absolute Gasteiger partial charge is 0.319 e. The number of carbonyl (C=O) groups excluding carboxylic acids is 2. The molecular weight excluding hydrogens is 448 g/mol. The Bertz CT molecular complexity index is 1210. The molecule has 6 heteroatoms. The van der Waals surface area contributed by atoms with Crippen LogP contribution in [-0.2, 0) is 30.6 Å². The average Bonchev–Trinajstić information content (AvgIpc) is 2.92. The van der Waals surface area contributed by atoms with Crippen LogP contribution in [0.1, 0.15) is 35.1 Å². The molecule has 186 valence electrons. The Kier molecular flexibility index (Phi) is 7.62. The average molecular weight is 483 g/mol. The van der Waals surface area contributed by atoms with Crippen molar-refractivity contribution < 1.29 is 9.59 Å².